The number of hydrogen-bond donors (Lipinski definition) is 3. The summed E-state index contributed by atoms with van der Waals surface area (Å²) in [5.41, 5.74) is 8.64. The van der Waals surface area contributed by atoms with Crippen molar-refractivity contribution in [2.45, 2.75) is 13.0 Å². The van der Waals surface area contributed by atoms with E-state index in [9.17, 15) is 0 Å². The number of likely N-dealkylation sites (N-methyl/N-ethyl adjacent to an activating group) is 1. The Bertz CT molecular complexity index is 200. The van der Waals surface area contributed by atoms with Crippen molar-refractivity contribution in [3.8, 4) is 0 Å². The number of amidine groups is 1. The van der Waals surface area contributed by atoms with Crippen LogP contribution >= 0.6 is 0 Å². The van der Waals surface area contributed by atoms with Crippen molar-refractivity contribution in [2.24, 2.45) is 10.9 Å². The van der Waals surface area contributed by atoms with Crippen molar-refractivity contribution in [3.05, 3.63) is 0 Å². The molecule has 0 saturated carbocycles. The van der Waals surface area contributed by atoms with Crippen LogP contribution in [0.4, 0.5) is 0 Å². The molecular formula is C8H19N5O. The first-order valence-electron chi connectivity index (χ1n) is 4.80. The van der Waals surface area contributed by atoms with E-state index >= 15 is 0 Å². The van der Waals surface area contributed by atoms with E-state index in [4.69, 9.17) is 10.9 Å². The standard InChI is InChI=1S/C8H19N5O/c1-7(8(9)11-14)10-13-5-3-12(2)4-6-13/h7,10,14H,3-6H2,1-2H3,(H2,9,11). The monoisotopic (exact) mass is 201 g/mol. The lowest BCUT2D eigenvalue weighted by Crippen LogP contribution is -2.55. The number of oxime groups is 1. The molecule has 82 valence electrons. The van der Waals surface area contributed by atoms with Gasteiger partial charge in [0, 0.05) is 26.2 Å². The smallest absolute Gasteiger partial charge is 0.157 e. The lowest BCUT2D eigenvalue weighted by atomic mass is 10.3. The number of hydrazine groups is 1. The fraction of sp³-hybridized carbons (Fsp3) is 0.875. The Hall–Kier alpha value is -0.850. The molecule has 0 amide bonds. The summed E-state index contributed by atoms with van der Waals surface area (Å²) in [4.78, 5) is 2.27. The largest absolute Gasteiger partial charge is 0.409 e. The van der Waals surface area contributed by atoms with Crippen LogP contribution in [0.15, 0.2) is 5.16 Å². The Labute approximate surface area is 84.3 Å². The molecule has 1 rings (SSSR count). The van der Waals surface area contributed by atoms with E-state index in [-0.39, 0.29) is 11.9 Å². The van der Waals surface area contributed by atoms with Gasteiger partial charge in [-0.1, -0.05) is 5.16 Å². The van der Waals surface area contributed by atoms with Crippen LogP contribution in [0.25, 0.3) is 0 Å². The van der Waals surface area contributed by atoms with Gasteiger partial charge in [0.25, 0.3) is 0 Å². The van der Waals surface area contributed by atoms with Crippen LogP contribution in [0.3, 0.4) is 0 Å². The SMILES string of the molecule is CC(NN1CCN(C)CC1)/C(N)=N/O. The molecule has 1 aliphatic heterocycles. The zero-order valence-corrected chi connectivity index (χ0v) is 8.77. The van der Waals surface area contributed by atoms with E-state index < -0.39 is 0 Å². The van der Waals surface area contributed by atoms with Gasteiger partial charge in [-0.05, 0) is 14.0 Å². The van der Waals surface area contributed by atoms with Crippen molar-refractivity contribution < 1.29 is 5.21 Å². The Morgan fingerprint density at radius 3 is 2.50 bits per heavy atom. The maximum Gasteiger partial charge on any atom is 0.157 e. The van der Waals surface area contributed by atoms with Gasteiger partial charge >= 0.3 is 0 Å². The van der Waals surface area contributed by atoms with Crippen molar-refractivity contribution in [3.63, 3.8) is 0 Å². The number of hydrogen-bond acceptors (Lipinski definition) is 5. The summed E-state index contributed by atoms with van der Waals surface area (Å²) in [6, 6.07) is -0.122. The van der Waals surface area contributed by atoms with Gasteiger partial charge in [-0.15, -0.1) is 0 Å². The van der Waals surface area contributed by atoms with Gasteiger partial charge < -0.3 is 15.8 Å². The molecule has 1 atom stereocenters. The van der Waals surface area contributed by atoms with Crippen molar-refractivity contribution in [2.75, 3.05) is 33.2 Å². The first-order valence-corrected chi connectivity index (χ1v) is 4.80. The second-order valence-corrected chi connectivity index (χ2v) is 3.67. The number of nitrogens with zero attached hydrogens (tertiary/aromatic N) is 3. The molecule has 1 saturated heterocycles. The Kier molecular flexibility index (Phi) is 4.12. The molecule has 0 aromatic rings. The maximum absolute atomic E-state index is 8.47. The summed E-state index contributed by atoms with van der Waals surface area (Å²) >= 11 is 0. The van der Waals surface area contributed by atoms with E-state index in [2.05, 4.69) is 27.5 Å². The van der Waals surface area contributed by atoms with E-state index in [0.29, 0.717) is 0 Å². The highest BCUT2D eigenvalue weighted by Gasteiger charge is 2.16. The number of piperazine rings is 1. The third-order valence-electron chi connectivity index (χ3n) is 2.44. The highest BCUT2D eigenvalue weighted by atomic mass is 16.4. The van der Waals surface area contributed by atoms with E-state index in [1.54, 1.807) is 0 Å². The van der Waals surface area contributed by atoms with Crippen LogP contribution < -0.4 is 11.2 Å². The summed E-state index contributed by atoms with van der Waals surface area (Å²) in [7, 11) is 2.10. The average molecular weight is 201 g/mol. The van der Waals surface area contributed by atoms with Gasteiger partial charge in [-0.2, -0.15) is 0 Å². The zero-order chi connectivity index (χ0) is 10.6. The van der Waals surface area contributed by atoms with Gasteiger partial charge in [0.2, 0.25) is 0 Å². The predicted octanol–water partition coefficient (Wildman–Crippen LogP) is -1.13. The third-order valence-corrected chi connectivity index (χ3v) is 2.44. The number of nitrogens with two attached hydrogens (primary N) is 1. The molecular weight excluding hydrogens is 182 g/mol. The van der Waals surface area contributed by atoms with Crippen LogP contribution in [-0.2, 0) is 0 Å². The molecule has 0 aromatic heterocycles. The molecule has 1 heterocycles. The second kappa shape index (κ2) is 5.14. The van der Waals surface area contributed by atoms with Crippen LogP contribution in [0.2, 0.25) is 0 Å². The first-order chi connectivity index (χ1) is 6.63. The van der Waals surface area contributed by atoms with Gasteiger partial charge in [0.15, 0.2) is 5.84 Å². The van der Waals surface area contributed by atoms with Crippen LogP contribution in [0.5, 0.6) is 0 Å². The summed E-state index contributed by atoms with van der Waals surface area (Å²) in [6.07, 6.45) is 0. The Morgan fingerprint density at radius 2 is 2.00 bits per heavy atom. The first kappa shape index (κ1) is 11.2. The van der Waals surface area contributed by atoms with Gasteiger partial charge in [-0.3, -0.25) is 0 Å². The van der Waals surface area contributed by atoms with Crippen molar-refractivity contribution >= 4 is 5.84 Å². The lowest BCUT2D eigenvalue weighted by Gasteiger charge is -2.34. The molecule has 6 nitrogen and oxygen atoms in total. The fourth-order valence-electron chi connectivity index (χ4n) is 1.36. The van der Waals surface area contributed by atoms with Gasteiger partial charge in [0.1, 0.15) is 0 Å². The minimum absolute atomic E-state index is 0.122. The third kappa shape index (κ3) is 3.13. The molecule has 0 aromatic carbocycles. The van der Waals surface area contributed by atoms with E-state index in [1.165, 1.54) is 0 Å². The normalized spacial score (nSPS) is 23.7. The molecule has 4 N–H and O–H groups in total. The second-order valence-electron chi connectivity index (χ2n) is 3.67. The Morgan fingerprint density at radius 1 is 1.43 bits per heavy atom. The van der Waals surface area contributed by atoms with Gasteiger partial charge in [-0.25, -0.2) is 10.4 Å². The van der Waals surface area contributed by atoms with E-state index in [0.717, 1.165) is 26.2 Å². The molecule has 0 aliphatic carbocycles. The molecule has 0 radical (unpaired) electrons. The highest BCUT2D eigenvalue weighted by Crippen LogP contribution is 1.96. The van der Waals surface area contributed by atoms with Gasteiger partial charge in [0.05, 0.1) is 6.04 Å². The quantitative estimate of drug-likeness (QED) is 0.233. The summed E-state index contributed by atoms with van der Waals surface area (Å²) in [6.45, 7) is 5.86. The lowest BCUT2D eigenvalue weighted by molar-refractivity contribution is 0.0990. The summed E-state index contributed by atoms with van der Waals surface area (Å²) in [5, 5.41) is 13.5. The highest BCUT2D eigenvalue weighted by molar-refractivity contribution is 5.84. The molecule has 1 unspecified atom stereocenters. The average Bonchev–Trinajstić information content (AvgIpc) is 2.20. The molecule has 14 heavy (non-hydrogen) atoms. The van der Waals surface area contributed by atoms with E-state index in [1.807, 2.05) is 6.92 Å². The molecule has 6 heteroatoms. The summed E-state index contributed by atoms with van der Waals surface area (Å²) in [5.74, 6) is 0.212. The maximum atomic E-state index is 8.47. The molecule has 1 aliphatic rings. The topological polar surface area (TPSA) is 77.1 Å². The van der Waals surface area contributed by atoms with Crippen LogP contribution in [0, 0.1) is 0 Å². The van der Waals surface area contributed by atoms with Crippen molar-refractivity contribution in [1.82, 2.24) is 15.3 Å². The number of rotatable bonds is 3. The minimum atomic E-state index is -0.122. The minimum Gasteiger partial charge on any atom is -0.409 e. The fourth-order valence-corrected chi connectivity index (χ4v) is 1.36. The Balaban J connectivity index is 2.31. The molecule has 0 bridgehead atoms. The molecule has 0 spiro atoms. The number of nitrogens with one attached hydrogen (secondary N) is 1. The van der Waals surface area contributed by atoms with Crippen molar-refractivity contribution in [1.29, 1.82) is 0 Å². The molecule has 1 fully saturated rings. The summed E-state index contributed by atoms with van der Waals surface area (Å²) < 4.78 is 0. The predicted molar refractivity (Wildman–Crippen MR) is 55.1 cm³/mol. The van der Waals surface area contributed by atoms with Crippen LogP contribution in [-0.4, -0.2) is 60.2 Å². The zero-order valence-electron chi connectivity index (χ0n) is 8.77. The van der Waals surface area contributed by atoms with Crippen LogP contribution in [0.1, 0.15) is 6.92 Å².